The quantitative estimate of drug-likeness (QED) is 0.845. The van der Waals surface area contributed by atoms with Crippen LogP contribution in [0.5, 0.6) is 0 Å². The second-order valence-corrected chi connectivity index (χ2v) is 4.91. The van der Waals surface area contributed by atoms with E-state index >= 15 is 0 Å². The molecular formula is C15H15ClN4O2. The molecule has 1 aromatic carbocycles. The first-order valence-electron chi connectivity index (χ1n) is 6.56. The first-order chi connectivity index (χ1) is 10.5. The molecule has 114 valence electrons. The maximum absolute atomic E-state index is 12.0. The Balaban J connectivity index is 2.75. The average molecular weight is 319 g/mol. The van der Waals surface area contributed by atoms with E-state index in [0.29, 0.717) is 17.3 Å². The Kier molecular flexibility index (Phi) is 4.59. The third kappa shape index (κ3) is 2.71. The lowest BCUT2D eigenvalue weighted by Gasteiger charge is -2.14. The van der Waals surface area contributed by atoms with Gasteiger partial charge in [-0.05, 0) is 25.1 Å². The van der Waals surface area contributed by atoms with E-state index in [1.807, 2.05) is 13.0 Å². The number of nitrogens with one attached hydrogen (secondary N) is 1. The molecule has 7 heteroatoms. The van der Waals surface area contributed by atoms with Gasteiger partial charge in [0.25, 0.3) is 0 Å². The van der Waals surface area contributed by atoms with Crippen LogP contribution in [0.25, 0.3) is 5.69 Å². The number of carbonyl (C=O) groups is 1. The van der Waals surface area contributed by atoms with Crippen molar-refractivity contribution in [3.8, 4) is 11.8 Å². The standard InChI is InChI=1S/C15H15ClN4O2/c1-3-19-11-5-4-10(16)6-12(11)20-8-9(7-17)13(18)14(20)15(21)22-2/h4-6,8,19H,3,18H2,1-2H3. The number of carbonyl (C=O) groups excluding carboxylic acids is 1. The summed E-state index contributed by atoms with van der Waals surface area (Å²) in [6, 6.07) is 7.18. The van der Waals surface area contributed by atoms with Gasteiger partial charge in [-0.2, -0.15) is 5.26 Å². The maximum Gasteiger partial charge on any atom is 0.357 e. The fraction of sp³-hybridized carbons (Fsp3) is 0.200. The fourth-order valence-corrected chi connectivity index (χ4v) is 2.31. The summed E-state index contributed by atoms with van der Waals surface area (Å²) in [6.45, 7) is 2.63. The van der Waals surface area contributed by atoms with Gasteiger partial charge >= 0.3 is 5.97 Å². The van der Waals surface area contributed by atoms with Crippen molar-refractivity contribution >= 4 is 28.9 Å². The zero-order chi connectivity index (χ0) is 16.3. The third-order valence-corrected chi connectivity index (χ3v) is 3.37. The van der Waals surface area contributed by atoms with Crippen LogP contribution >= 0.6 is 11.6 Å². The molecule has 0 aliphatic carbocycles. The van der Waals surface area contributed by atoms with Crippen LogP contribution in [0.1, 0.15) is 23.0 Å². The molecule has 0 saturated heterocycles. The van der Waals surface area contributed by atoms with Crippen LogP contribution in [-0.2, 0) is 4.74 Å². The number of ether oxygens (including phenoxy) is 1. The highest BCUT2D eigenvalue weighted by atomic mass is 35.5. The average Bonchev–Trinajstić information content (AvgIpc) is 2.85. The van der Waals surface area contributed by atoms with Gasteiger partial charge in [-0.15, -0.1) is 0 Å². The number of benzene rings is 1. The number of nitrogens with zero attached hydrogens (tertiary/aromatic N) is 2. The summed E-state index contributed by atoms with van der Waals surface area (Å²) >= 11 is 6.06. The van der Waals surface area contributed by atoms with E-state index in [4.69, 9.17) is 27.3 Å². The number of hydrogen-bond donors (Lipinski definition) is 2. The van der Waals surface area contributed by atoms with Gasteiger partial charge in [0.2, 0.25) is 0 Å². The predicted molar refractivity (Wildman–Crippen MR) is 85.4 cm³/mol. The minimum Gasteiger partial charge on any atom is -0.464 e. The van der Waals surface area contributed by atoms with Crippen LogP contribution in [0, 0.1) is 11.3 Å². The van der Waals surface area contributed by atoms with E-state index in [-0.39, 0.29) is 16.9 Å². The minimum atomic E-state index is -0.624. The summed E-state index contributed by atoms with van der Waals surface area (Å²) < 4.78 is 6.28. The Morgan fingerprint density at radius 3 is 2.86 bits per heavy atom. The van der Waals surface area contributed by atoms with Crippen molar-refractivity contribution < 1.29 is 9.53 Å². The number of esters is 1. The van der Waals surface area contributed by atoms with Gasteiger partial charge in [-0.25, -0.2) is 4.79 Å². The zero-order valence-corrected chi connectivity index (χ0v) is 12.9. The number of rotatable bonds is 4. The molecule has 0 bridgehead atoms. The van der Waals surface area contributed by atoms with Crippen LogP contribution < -0.4 is 11.1 Å². The van der Waals surface area contributed by atoms with Crippen LogP contribution in [0.3, 0.4) is 0 Å². The van der Waals surface area contributed by atoms with E-state index in [2.05, 4.69) is 5.32 Å². The monoisotopic (exact) mass is 318 g/mol. The Morgan fingerprint density at radius 2 is 2.27 bits per heavy atom. The highest BCUT2D eigenvalue weighted by Crippen LogP contribution is 2.30. The van der Waals surface area contributed by atoms with E-state index in [9.17, 15) is 4.79 Å². The number of nitrogen functional groups attached to an aromatic ring is 1. The first kappa shape index (κ1) is 15.7. The largest absolute Gasteiger partial charge is 0.464 e. The molecule has 0 unspecified atom stereocenters. The third-order valence-electron chi connectivity index (χ3n) is 3.13. The van der Waals surface area contributed by atoms with Gasteiger partial charge in [0.1, 0.15) is 6.07 Å². The Hall–Kier alpha value is -2.65. The van der Waals surface area contributed by atoms with E-state index < -0.39 is 5.97 Å². The SMILES string of the molecule is CCNc1ccc(Cl)cc1-n1cc(C#N)c(N)c1C(=O)OC. The van der Waals surface area contributed by atoms with Crippen LogP contribution in [-0.4, -0.2) is 24.2 Å². The van der Waals surface area contributed by atoms with Crippen molar-refractivity contribution in [2.75, 3.05) is 24.7 Å². The molecule has 0 radical (unpaired) electrons. The van der Waals surface area contributed by atoms with Gasteiger partial charge in [0.05, 0.1) is 29.7 Å². The van der Waals surface area contributed by atoms with Crippen molar-refractivity contribution in [3.63, 3.8) is 0 Å². The molecule has 22 heavy (non-hydrogen) atoms. The predicted octanol–water partition coefficient (Wildman–Crippen LogP) is 2.80. The molecule has 1 heterocycles. The van der Waals surface area contributed by atoms with Crippen molar-refractivity contribution in [3.05, 3.63) is 40.7 Å². The minimum absolute atomic E-state index is 0.0803. The summed E-state index contributed by atoms with van der Waals surface area (Å²) in [5, 5.41) is 12.8. The first-order valence-corrected chi connectivity index (χ1v) is 6.94. The van der Waals surface area contributed by atoms with Gasteiger partial charge < -0.3 is 20.4 Å². The highest BCUT2D eigenvalue weighted by molar-refractivity contribution is 6.30. The molecule has 6 nitrogen and oxygen atoms in total. The Labute approximate surface area is 133 Å². The normalized spacial score (nSPS) is 10.1. The lowest BCUT2D eigenvalue weighted by atomic mass is 10.2. The van der Waals surface area contributed by atoms with E-state index in [1.54, 1.807) is 18.2 Å². The Morgan fingerprint density at radius 1 is 1.55 bits per heavy atom. The number of aromatic nitrogens is 1. The number of nitriles is 1. The molecule has 0 spiro atoms. The van der Waals surface area contributed by atoms with Crippen molar-refractivity contribution in [2.45, 2.75) is 6.92 Å². The van der Waals surface area contributed by atoms with E-state index in [0.717, 1.165) is 5.69 Å². The summed E-state index contributed by atoms with van der Waals surface area (Å²) in [6.07, 6.45) is 1.49. The number of halogens is 1. The summed E-state index contributed by atoms with van der Waals surface area (Å²) in [5.74, 6) is -0.624. The molecule has 0 aliphatic heterocycles. The number of nitrogens with two attached hydrogens (primary N) is 1. The molecule has 0 aliphatic rings. The van der Waals surface area contributed by atoms with Gasteiger partial charge in [-0.3, -0.25) is 0 Å². The lowest BCUT2D eigenvalue weighted by molar-refractivity contribution is 0.0593. The van der Waals surface area contributed by atoms with Crippen LogP contribution in [0.2, 0.25) is 5.02 Å². The topological polar surface area (TPSA) is 93.1 Å². The molecule has 0 amide bonds. The lowest BCUT2D eigenvalue weighted by Crippen LogP contribution is -2.12. The molecule has 1 aromatic heterocycles. The number of hydrogen-bond acceptors (Lipinski definition) is 5. The van der Waals surface area contributed by atoms with Crippen LogP contribution in [0.15, 0.2) is 24.4 Å². The smallest absolute Gasteiger partial charge is 0.357 e. The summed E-state index contributed by atoms with van der Waals surface area (Å²) in [7, 11) is 1.26. The number of methoxy groups -OCH3 is 1. The summed E-state index contributed by atoms with van der Waals surface area (Å²) in [5.41, 5.74) is 7.64. The Bertz CT molecular complexity index is 762. The van der Waals surface area contributed by atoms with Gasteiger partial charge in [-0.1, -0.05) is 11.6 Å². The number of anilines is 2. The second-order valence-electron chi connectivity index (χ2n) is 4.47. The van der Waals surface area contributed by atoms with Crippen molar-refractivity contribution in [1.82, 2.24) is 4.57 Å². The second kappa shape index (κ2) is 6.41. The van der Waals surface area contributed by atoms with Gasteiger partial charge in [0, 0.05) is 17.8 Å². The molecular weight excluding hydrogens is 304 g/mol. The van der Waals surface area contributed by atoms with Crippen molar-refractivity contribution in [2.24, 2.45) is 0 Å². The molecule has 0 atom stereocenters. The molecule has 0 saturated carbocycles. The van der Waals surface area contributed by atoms with Gasteiger partial charge in [0.15, 0.2) is 5.69 Å². The van der Waals surface area contributed by atoms with E-state index in [1.165, 1.54) is 17.9 Å². The van der Waals surface area contributed by atoms with Crippen molar-refractivity contribution in [1.29, 1.82) is 5.26 Å². The maximum atomic E-state index is 12.0. The zero-order valence-electron chi connectivity index (χ0n) is 12.2. The molecule has 2 rings (SSSR count). The van der Waals surface area contributed by atoms with Crippen LogP contribution in [0.4, 0.5) is 11.4 Å². The fourth-order valence-electron chi connectivity index (χ4n) is 2.15. The molecule has 2 aromatic rings. The molecule has 0 fully saturated rings. The highest BCUT2D eigenvalue weighted by Gasteiger charge is 2.23. The summed E-state index contributed by atoms with van der Waals surface area (Å²) in [4.78, 5) is 12.0. The molecule has 3 N–H and O–H groups in total.